The second kappa shape index (κ2) is 13.6. The number of halogens is 1. The number of benzene rings is 1. The van der Waals surface area contributed by atoms with Crippen LogP contribution in [0.15, 0.2) is 30.3 Å². The van der Waals surface area contributed by atoms with E-state index in [0.29, 0.717) is 25.5 Å². The summed E-state index contributed by atoms with van der Waals surface area (Å²) in [6.45, 7) is 6.14. The van der Waals surface area contributed by atoms with E-state index in [0.717, 1.165) is 12.1 Å². The van der Waals surface area contributed by atoms with Gasteiger partial charge < -0.3 is 19.7 Å². The van der Waals surface area contributed by atoms with Crippen LogP contribution in [0.3, 0.4) is 0 Å². The molecule has 0 heterocycles. The van der Waals surface area contributed by atoms with Crippen molar-refractivity contribution in [2.45, 2.75) is 32.9 Å². The zero-order chi connectivity index (χ0) is 18.7. The molecule has 1 aromatic carbocycles. The second-order valence-electron chi connectivity index (χ2n) is 6.39. The summed E-state index contributed by atoms with van der Waals surface area (Å²) in [5.41, 5.74) is 1.01. The summed E-state index contributed by atoms with van der Waals surface area (Å²) in [6, 6.07) is 8.93. The van der Waals surface area contributed by atoms with E-state index in [1.54, 1.807) is 7.05 Å². The molecule has 1 unspecified atom stereocenters. The molecule has 0 saturated carbocycles. The lowest BCUT2D eigenvalue weighted by molar-refractivity contribution is -0.154. The summed E-state index contributed by atoms with van der Waals surface area (Å²) in [5, 5.41) is 3.22. The lowest BCUT2D eigenvalue weighted by Gasteiger charge is -2.26. The van der Waals surface area contributed by atoms with E-state index in [4.69, 9.17) is 9.47 Å². The van der Waals surface area contributed by atoms with E-state index < -0.39 is 12.0 Å². The Balaban J connectivity index is 0.00000625. The van der Waals surface area contributed by atoms with Gasteiger partial charge in [-0.15, -0.1) is 12.4 Å². The molecule has 1 aromatic rings. The summed E-state index contributed by atoms with van der Waals surface area (Å²) in [4.78, 5) is 25.7. The van der Waals surface area contributed by atoms with E-state index in [-0.39, 0.29) is 24.9 Å². The molecule has 0 aliphatic rings. The summed E-state index contributed by atoms with van der Waals surface area (Å²) >= 11 is 0. The van der Waals surface area contributed by atoms with Crippen molar-refractivity contribution in [3.05, 3.63) is 35.9 Å². The van der Waals surface area contributed by atoms with Gasteiger partial charge in [-0.1, -0.05) is 44.2 Å². The highest BCUT2D eigenvalue weighted by Crippen LogP contribution is 2.06. The largest absolute Gasteiger partial charge is 0.467 e. The Hall–Kier alpha value is -1.63. The fourth-order valence-corrected chi connectivity index (χ4v) is 2.27. The summed E-state index contributed by atoms with van der Waals surface area (Å²) in [6.07, 6.45) is 0.329. The molecule has 0 aromatic heterocycles. The SMILES string of the molecule is COC(=O)C(COCc1ccccc1)N(C)C(=O)CCNCC(C)C.Cl. The third kappa shape index (κ3) is 9.17. The molecule has 0 aliphatic heterocycles. The number of likely N-dealkylation sites (N-methyl/N-ethyl adjacent to an activating group) is 1. The molecule has 1 amide bonds. The first-order chi connectivity index (χ1) is 12.0. The van der Waals surface area contributed by atoms with Crippen LogP contribution in [0.4, 0.5) is 0 Å². The first-order valence-electron chi connectivity index (χ1n) is 8.61. The molecule has 6 nitrogen and oxygen atoms in total. The Morgan fingerprint density at radius 1 is 1.19 bits per heavy atom. The molecule has 0 fully saturated rings. The van der Waals surface area contributed by atoms with Gasteiger partial charge in [0.05, 0.1) is 20.3 Å². The minimum Gasteiger partial charge on any atom is -0.467 e. The normalized spacial score (nSPS) is 11.6. The predicted molar refractivity (Wildman–Crippen MR) is 104 cm³/mol. The van der Waals surface area contributed by atoms with Gasteiger partial charge in [0, 0.05) is 20.0 Å². The smallest absolute Gasteiger partial charge is 0.330 e. The fraction of sp³-hybridized carbons (Fsp3) is 0.579. The lowest BCUT2D eigenvalue weighted by atomic mass is 10.2. The van der Waals surface area contributed by atoms with E-state index in [1.165, 1.54) is 12.0 Å². The van der Waals surface area contributed by atoms with Crippen molar-refractivity contribution in [1.82, 2.24) is 10.2 Å². The molecule has 0 radical (unpaired) electrons. The van der Waals surface area contributed by atoms with Crippen LogP contribution >= 0.6 is 12.4 Å². The Labute approximate surface area is 162 Å². The van der Waals surface area contributed by atoms with Gasteiger partial charge in [-0.3, -0.25) is 4.79 Å². The van der Waals surface area contributed by atoms with E-state index in [2.05, 4.69) is 19.2 Å². The number of methoxy groups -OCH3 is 1. The summed E-state index contributed by atoms with van der Waals surface area (Å²) in [7, 11) is 2.92. The van der Waals surface area contributed by atoms with Gasteiger partial charge in [0.15, 0.2) is 6.04 Å². The Bertz CT molecular complexity index is 526. The van der Waals surface area contributed by atoms with Crippen molar-refractivity contribution in [1.29, 1.82) is 0 Å². The Kier molecular flexibility index (Phi) is 12.7. The molecule has 26 heavy (non-hydrogen) atoms. The van der Waals surface area contributed by atoms with Crippen LogP contribution in [0.5, 0.6) is 0 Å². The number of amides is 1. The van der Waals surface area contributed by atoms with Gasteiger partial charge in [-0.2, -0.15) is 0 Å². The van der Waals surface area contributed by atoms with Gasteiger partial charge in [0.2, 0.25) is 5.91 Å². The first-order valence-corrected chi connectivity index (χ1v) is 8.61. The number of esters is 1. The number of rotatable bonds is 11. The molecule has 148 valence electrons. The van der Waals surface area contributed by atoms with Crippen molar-refractivity contribution in [3.8, 4) is 0 Å². The minimum absolute atomic E-state index is 0. The van der Waals surface area contributed by atoms with Crippen molar-refractivity contribution in [2.24, 2.45) is 5.92 Å². The first kappa shape index (κ1) is 24.4. The highest BCUT2D eigenvalue weighted by atomic mass is 35.5. The van der Waals surface area contributed by atoms with Crippen molar-refractivity contribution < 1.29 is 19.1 Å². The lowest BCUT2D eigenvalue weighted by Crippen LogP contribution is -2.46. The van der Waals surface area contributed by atoms with Crippen LogP contribution in [-0.2, 0) is 25.7 Å². The Morgan fingerprint density at radius 2 is 1.85 bits per heavy atom. The third-order valence-corrected chi connectivity index (χ3v) is 3.79. The van der Waals surface area contributed by atoms with Crippen molar-refractivity contribution >= 4 is 24.3 Å². The second-order valence-corrected chi connectivity index (χ2v) is 6.39. The van der Waals surface area contributed by atoms with Gasteiger partial charge >= 0.3 is 5.97 Å². The zero-order valence-corrected chi connectivity index (χ0v) is 16.9. The van der Waals surface area contributed by atoms with Crippen LogP contribution < -0.4 is 5.32 Å². The van der Waals surface area contributed by atoms with Gasteiger partial charge in [0.1, 0.15) is 0 Å². The number of nitrogens with one attached hydrogen (secondary N) is 1. The summed E-state index contributed by atoms with van der Waals surface area (Å²) in [5.74, 6) is -0.0592. The average molecular weight is 387 g/mol. The summed E-state index contributed by atoms with van der Waals surface area (Å²) < 4.78 is 10.4. The standard InChI is InChI=1S/C19H30N2O4.ClH/c1-15(2)12-20-11-10-18(22)21(3)17(19(23)24-4)14-25-13-16-8-6-5-7-9-16;/h5-9,15,17,20H,10-14H2,1-4H3;1H. The zero-order valence-electron chi connectivity index (χ0n) is 16.1. The van der Waals surface area contributed by atoms with Crippen LogP contribution in [0, 0.1) is 5.92 Å². The number of carbonyl (C=O) groups is 2. The average Bonchev–Trinajstić information content (AvgIpc) is 2.61. The highest BCUT2D eigenvalue weighted by molar-refractivity contribution is 5.85. The molecule has 0 bridgehead atoms. The van der Waals surface area contributed by atoms with Gasteiger partial charge in [-0.05, 0) is 18.0 Å². The number of hydrogen-bond acceptors (Lipinski definition) is 5. The molecular formula is C19H31ClN2O4. The quantitative estimate of drug-likeness (QED) is 0.466. The van der Waals surface area contributed by atoms with Crippen molar-refractivity contribution in [3.63, 3.8) is 0 Å². The van der Waals surface area contributed by atoms with E-state index in [9.17, 15) is 9.59 Å². The predicted octanol–water partition coefficient (Wildman–Crippen LogP) is 2.26. The molecule has 1 N–H and O–H groups in total. The van der Waals surface area contributed by atoms with Crippen molar-refractivity contribution in [2.75, 3.05) is 33.9 Å². The molecular weight excluding hydrogens is 356 g/mol. The molecule has 7 heteroatoms. The van der Waals surface area contributed by atoms with E-state index >= 15 is 0 Å². The molecule has 1 rings (SSSR count). The number of nitrogens with zero attached hydrogens (tertiary/aromatic N) is 1. The minimum atomic E-state index is -0.744. The number of carbonyl (C=O) groups excluding carboxylic acids is 2. The van der Waals surface area contributed by atoms with Gasteiger partial charge in [-0.25, -0.2) is 4.79 Å². The molecule has 1 atom stereocenters. The maximum Gasteiger partial charge on any atom is 0.330 e. The molecule has 0 saturated heterocycles. The van der Waals surface area contributed by atoms with E-state index in [1.807, 2.05) is 30.3 Å². The maximum atomic E-state index is 12.3. The van der Waals surface area contributed by atoms with Crippen LogP contribution in [-0.4, -0.2) is 56.7 Å². The van der Waals surface area contributed by atoms with Crippen LogP contribution in [0.25, 0.3) is 0 Å². The van der Waals surface area contributed by atoms with Gasteiger partial charge in [0.25, 0.3) is 0 Å². The topological polar surface area (TPSA) is 67.9 Å². The number of ether oxygens (including phenoxy) is 2. The number of hydrogen-bond donors (Lipinski definition) is 1. The molecule has 0 spiro atoms. The van der Waals surface area contributed by atoms with Crippen LogP contribution in [0.2, 0.25) is 0 Å². The Morgan fingerprint density at radius 3 is 2.42 bits per heavy atom. The third-order valence-electron chi connectivity index (χ3n) is 3.79. The maximum absolute atomic E-state index is 12.3. The molecule has 0 aliphatic carbocycles. The monoisotopic (exact) mass is 386 g/mol. The van der Waals surface area contributed by atoms with Crippen LogP contribution in [0.1, 0.15) is 25.8 Å². The fourth-order valence-electron chi connectivity index (χ4n) is 2.27. The highest BCUT2D eigenvalue weighted by Gasteiger charge is 2.27.